The van der Waals surface area contributed by atoms with Gasteiger partial charge in [-0.25, -0.2) is 9.97 Å². The van der Waals surface area contributed by atoms with E-state index in [1.807, 2.05) is 0 Å². The number of amides is 1. The van der Waals surface area contributed by atoms with Gasteiger partial charge in [0.25, 0.3) is 5.91 Å². The standard InChI is InChI=1S/C23H13ClF6N4O/c24-18-6-3-13-11-34(8-7-17(13)32-18)21(35)16-9-14(10-31)19(33-20(16)23(28,29)30)12-1-4-15(5-2-12)22(25,26)27/h1-6,9H,7-8,11H2. The van der Waals surface area contributed by atoms with Gasteiger partial charge in [0.05, 0.1) is 22.4 Å². The molecule has 0 fully saturated rings. The summed E-state index contributed by atoms with van der Waals surface area (Å²) in [7, 11) is 0. The first-order chi connectivity index (χ1) is 16.4. The fourth-order valence-electron chi connectivity index (χ4n) is 3.75. The Hall–Kier alpha value is -3.65. The molecule has 12 heteroatoms. The van der Waals surface area contributed by atoms with Gasteiger partial charge in [0, 0.05) is 30.8 Å². The second-order valence-electron chi connectivity index (χ2n) is 7.68. The fraction of sp³-hybridized carbons (Fsp3) is 0.217. The zero-order chi connectivity index (χ0) is 25.5. The number of benzene rings is 1. The van der Waals surface area contributed by atoms with Crippen molar-refractivity contribution in [2.45, 2.75) is 25.3 Å². The van der Waals surface area contributed by atoms with Crippen molar-refractivity contribution in [3.05, 3.63) is 81.3 Å². The predicted molar refractivity (Wildman–Crippen MR) is 112 cm³/mol. The SMILES string of the molecule is N#Cc1cc(C(=O)N2CCc3nc(Cl)ccc3C2)c(C(F)(F)F)nc1-c1ccc(C(F)(F)F)cc1. The molecule has 1 aliphatic rings. The van der Waals surface area contributed by atoms with E-state index >= 15 is 0 Å². The number of halogens is 7. The first-order valence-corrected chi connectivity index (χ1v) is 10.4. The van der Waals surface area contributed by atoms with Crippen LogP contribution in [0.3, 0.4) is 0 Å². The molecule has 1 aliphatic heterocycles. The van der Waals surface area contributed by atoms with Crippen LogP contribution in [0.25, 0.3) is 11.3 Å². The summed E-state index contributed by atoms with van der Waals surface area (Å²) in [5, 5.41) is 9.79. The molecule has 0 spiro atoms. The van der Waals surface area contributed by atoms with E-state index in [2.05, 4.69) is 9.97 Å². The van der Waals surface area contributed by atoms with Crippen molar-refractivity contribution in [2.24, 2.45) is 0 Å². The minimum absolute atomic E-state index is 0.0157. The Morgan fingerprint density at radius 1 is 1.00 bits per heavy atom. The van der Waals surface area contributed by atoms with E-state index in [0.29, 0.717) is 23.4 Å². The van der Waals surface area contributed by atoms with Gasteiger partial charge in [-0.1, -0.05) is 29.8 Å². The average molecular weight is 511 g/mol. The highest BCUT2D eigenvalue weighted by Gasteiger charge is 2.40. The maximum absolute atomic E-state index is 13.9. The first kappa shape index (κ1) is 24.5. The third kappa shape index (κ3) is 4.93. The maximum atomic E-state index is 13.9. The van der Waals surface area contributed by atoms with E-state index in [4.69, 9.17) is 11.6 Å². The van der Waals surface area contributed by atoms with Crippen LogP contribution in [0.1, 0.15) is 38.4 Å². The van der Waals surface area contributed by atoms with Crippen LogP contribution in [0, 0.1) is 11.3 Å². The molecule has 0 saturated heterocycles. The highest BCUT2D eigenvalue weighted by molar-refractivity contribution is 6.29. The van der Waals surface area contributed by atoms with Crippen LogP contribution < -0.4 is 0 Å². The molecule has 180 valence electrons. The Bertz CT molecular complexity index is 1350. The van der Waals surface area contributed by atoms with E-state index in [-0.39, 0.29) is 35.8 Å². The highest BCUT2D eigenvalue weighted by atomic mass is 35.5. The largest absolute Gasteiger partial charge is 0.434 e. The first-order valence-electron chi connectivity index (χ1n) is 10.0. The van der Waals surface area contributed by atoms with E-state index in [9.17, 15) is 36.4 Å². The minimum atomic E-state index is -5.07. The van der Waals surface area contributed by atoms with Gasteiger partial charge in [0.1, 0.15) is 11.2 Å². The predicted octanol–water partition coefficient (Wildman–Crippen LogP) is 5.90. The number of nitrogens with zero attached hydrogens (tertiary/aromatic N) is 4. The third-order valence-electron chi connectivity index (χ3n) is 5.43. The monoisotopic (exact) mass is 510 g/mol. The topological polar surface area (TPSA) is 69.9 Å². The second-order valence-corrected chi connectivity index (χ2v) is 8.07. The number of pyridine rings is 2. The van der Waals surface area contributed by atoms with Crippen LogP contribution in [0.2, 0.25) is 5.15 Å². The Morgan fingerprint density at radius 2 is 1.69 bits per heavy atom. The Morgan fingerprint density at radius 3 is 2.29 bits per heavy atom. The van der Waals surface area contributed by atoms with Crippen LogP contribution in [0.15, 0.2) is 42.5 Å². The van der Waals surface area contributed by atoms with Crippen molar-refractivity contribution >= 4 is 17.5 Å². The quantitative estimate of drug-likeness (QED) is 0.318. The van der Waals surface area contributed by atoms with Crippen LogP contribution in [-0.2, 0) is 25.3 Å². The number of nitriles is 1. The summed E-state index contributed by atoms with van der Waals surface area (Å²) in [5.74, 6) is -0.985. The van der Waals surface area contributed by atoms with Crippen molar-refractivity contribution < 1.29 is 31.1 Å². The Balaban J connectivity index is 1.76. The number of aromatic nitrogens is 2. The molecular weight excluding hydrogens is 498 g/mol. The number of carbonyl (C=O) groups is 1. The molecule has 3 aromatic rings. The lowest BCUT2D eigenvalue weighted by Crippen LogP contribution is -2.37. The van der Waals surface area contributed by atoms with Crippen molar-refractivity contribution in [3.8, 4) is 17.3 Å². The Labute approximate surface area is 199 Å². The second kappa shape index (κ2) is 8.85. The summed E-state index contributed by atoms with van der Waals surface area (Å²) in [5.41, 5.74) is -3.10. The van der Waals surface area contributed by atoms with Crippen LogP contribution in [0.5, 0.6) is 0 Å². The molecule has 5 nitrogen and oxygen atoms in total. The zero-order valence-electron chi connectivity index (χ0n) is 17.5. The van der Waals surface area contributed by atoms with Gasteiger partial charge in [0.15, 0.2) is 5.69 Å². The van der Waals surface area contributed by atoms with Crippen LogP contribution >= 0.6 is 11.6 Å². The molecule has 0 unspecified atom stereocenters. The van der Waals surface area contributed by atoms with E-state index < -0.39 is 40.8 Å². The molecule has 0 saturated carbocycles. The number of hydrogen-bond donors (Lipinski definition) is 0. The van der Waals surface area contributed by atoms with Crippen molar-refractivity contribution in [3.63, 3.8) is 0 Å². The lowest BCUT2D eigenvalue weighted by Gasteiger charge is -2.29. The third-order valence-corrected chi connectivity index (χ3v) is 5.64. The Kier molecular flexibility index (Phi) is 6.19. The van der Waals surface area contributed by atoms with E-state index in [1.165, 1.54) is 11.0 Å². The fourth-order valence-corrected chi connectivity index (χ4v) is 3.91. The minimum Gasteiger partial charge on any atom is -0.334 e. The highest BCUT2D eigenvalue weighted by Crippen LogP contribution is 2.36. The molecule has 4 rings (SSSR count). The van der Waals surface area contributed by atoms with E-state index in [0.717, 1.165) is 18.2 Å². The summed E-state index contributed by atoms with van der Waals surface area (Å²) in [6.45, 7) is 0.0528. The molecule has 0 radical (unpaired) electrons. The summed E-state index contributed by atoms with van der Waals surface area (Å²) >= 11 is 5.86. The molecule has 35 heavy (non-hydrogen) atoms. The molecule has 0 N–H and O–H groups in total. The lowest BCUT2D eigenvalue weighted by molar-refractivity contribution is -0.141. The van der Waals surface area contributed by atoms with Crippen LogP contribution in [0.4, 0.5) is 26.3 Å². The molecule has 0 atom stereocenters. The molecule has 1 amide bonds. The maximum Gasteiger partial charge on any atom is 0.434 e. The molecular formula is C23H13ClF6N4O. The van der Waals surface area contributed by atoms with Gasteiger partial charge >= 0.3 is 12.4 Å². The van der Waals surface area contributed by atoms with Crippen molar-refractivity contribution in [2.75, 3.05) is 6.54 Å². The van der Waals surface area contributed by atoms with Gasteiger partial charge in [-0.15, -0.1) is 0 Å². The summed E-state index contributed by atoms with van der Waals surface area (Å²) in [6.07, 6.45) is -9.45. The van der Waals surface area contributed by atoms with Crippen molar-refractivity contribution in [1.29, 1.82) is 5.26 Å². The summed E-state index contributed by atoms with van der Waals surface area (Å²) in [4.78, 5) is 22.0. The lowest BCUT2D eigenvalue weighted by atomic mass is 9.99. The van der Waals surface area contributed by atoms with Gasteiger partial charge in [-0.2, -0.15) is 31.6 Å². The molecule has 3 heterocycles. The number of alkyl halides is 6. The van der Waals surface area contributed by atoms with Gasteiger partial charge in [-0.3, -0.25) is 4.79 Å². The van der Waals surface area contributed by atoms with E-state index in [1.54, 1.807) is 12.1 Å². The van der Waals surface area contributed by atoms with Crippen molar-refractivity contribution in [1.82, 2.24) is 14.9 Å². The molecule has 1 aromatic carbocycles. The van der Waals surface area contributed by atoms with Crippen LogP contribution in [-0.4, -0.2) is 27.3 Å². The smallest absolute Gasteiger partial charge is 0.334 e. The zero-order valence-corrected chi connectivity index (χ0v) is 18.3. The number of rotatable bonds is 2. The average Bonchev–Trinajstić information content (AvgIpc) is 2.81. The molecule has 0 aliphatic carbocycles. The number of carbonyl (C=O) groups excluding carboxylic acids is 1. The van der Waals surface area contributed by atoms with Gasteiger partial charge < -0.3 is 4.90 Å². The van der Waals surface area contributed by atoms with Gasteiger partial charge in [0.2, 0.25) is 0 Å². The molecule has 0 bridgehead atoms. The normalized spacial score (nSPS) is 13.8. The number of hydrogen-bond acceptors (Lipinski definition) is 4. The number of fused-ring (bicyclic) bond motifs is 1. The summed E-state index contributed by atoms with van der Waals surface area (Å²) < 4.78 is 80.3. The molecule has 2 aromatic heterocycles. The summed E-state index contributed by atoms with van der Waals surface area (Å²) in [6, 6.07) is 8.80. The van der Waals surface area contributed by atoms with Gasteiger partial charge in [-0.05, 0) is 29.8 Å².